The summed E-state index contributed by atoms with van der Waals surface area (Å²) in [4.78, 5) is 12.7. The maximum absolute atomic E-state index is 13.0. The van der Waals surface area contributed by atoms with Gasteiger partial charge in [0.05, 0.1) is 10.7 Å². The van der Waals surface area contributed by atoms with Crippen molar-refractivity contribution in [2.24, 2.45) is 0 Å². The minimum Gasteiger partial charge on any atom is -0.333 e. The van der Waals surface area contributed by atoms with Gasteiger partial charge in [-0.1, -0.05) is 47.6 Å². The molecule has 0 unspecified atom stereocenters. The van der Waals surface area contributed by atoms with E-state index in [1.165, 1.54) is 23.9 Å². The van der Waals surface area contributed by atoms with E-state index in [0.29, 0.717) is 28.2 Å². The average Bonchev–Trinajstić information content (AvgIpc) is 2.65. The van der Waals surface area contributed by atoms with Crippen LogP contribution in [-0.4, -0.2) is 14.8 Å². The van der Waals surface area contributed by atoms with Crippen LogP contribution in [0.1, 0.15) is 12.5 Å². The number of para-hydroxylation sites is 1. The number of aromatic nitrogens is 3. The lowest BCUT2D eigenvalue weighted by atomic mass is 10.2. The first-order valence-corrected chi connectivity index (χ1v) is 9.31. The van der Waals surface area contributed by atoms with Crippen molar-refractivity contribution in [2.45, 2.75) is 24.4 Å². The van der Waals surface area contributed by atoms with Crippen molar-refractivity contribution < 1.29 is 4.39 Å². The molecule has 0 amide bonds. The predicted molar refractivity (Wildman–Crippen MR) is 103 cm³/mol. The minimum absolute atomic E-state index is 0.117. The molecule has 26 heavy (non-hydrogen) atoms. The first kappa shape index (κ1) is 18.4. The van der Waals surface area contributed by atoms with Gasteiger partial charge in [-0.15, -0.1) is 10.2 Å². The minimum atomic E-state index is -0.279. The molecule has 0 radical (unpaired) electrons. The van der Waals surface area contributed by atoms with Gasteiger partial charge in [0.1, 0.15) is 5.82 Å². The Hall–Kier alpha value is -2.38. The zero-order chi connectivity index (χ0) is 18.5. The van der Waals surface area contributed by atoms with E-state index in [2.05, 4.69) is 15.5 Å². The van der Waals surface area contributed by atoms with Crippen molar-refractivity contribution >= 4 is 34.9 Å². The van der Waals surface area contributed by atoms with Crippen molar-refractivity contribution in [3.63, 3.8) is 0 Å². The number of anilines is 2. The van der Waals surface area contributed by atoms with Gasteiger partial charge in [0.15, 0.2) is 5.16 Å². The summed E-state index contributed by atoms with van der Waals surface area (Å²) in [5.41, 5.74) is 1.26. The molecule has 1 heterocycles. The Balaban J connectivity index is 1.82. The van der Waals surface area contributed by atoms with Crippen molar-refractivity contribution in [2.75, 3.05) is 5.32 Å². The number of nitrogens with one attached hydrogen (secondary N) is 1. The molecule has 1 aromatic heterocycles. The van der Waals surface area contributed by atoms with Crippen LogP contribution in [0.5, 0.6) is 0 Å². The third-order valence-electron chi connectivity index (χ3n) is 3.64. The number of rotatable bonds is 6. The van der Waals surface area contributed by atoms with Gasteiger partial charge >= 0.3 is 0 Å². The summed E-state index contributed by atoms with van der Waals surface area (Å²) in [7, 11) is 0. The van der Waals surface area contributed by atoms with Crippen LogP contribution in [0.15, 0.2) is 58.5 Å². The van der Waals surface area contributed by atoms with E-state index in [4.69, 9.17) is 11.6 Å². The summed E-state index contributed by atoms with van der Waals surface area (Å²) in [6.45, 7) is 2.32. The van der Waals surface area contributed by atoms with Crippen LogP contribution in [0.25, 0.3) is 0 Å². The highest BCUT2D eigenvalue weighted by atomic mass is 35.5. The lowest BCUT2D eigenvalue weighted by molar-refractivity contribution is 0.597. The van der Waals surface area contributed by atoms with Crippen LogP contribution in [0.4, 0.5) is 15.9 Å². The lowest BCUT2D eigenvalue weighted by Gasteiger charge is -2.12. The van der Waals surface area contributed by atoms with E-state index >= 15 is 0 Å². The van der Waals surface area contributed by atoms with Gasteiger partial charge in [0, 0.05) is 12.3 Å². The molecule has 8 heteroatoms. The molecular weight excluding hydrogens is 375 g/mol. The summed E-state index contributed by atoms with van der Waals surface area (Å²) in [6, 6.07) is 13.3. The van der Waals surface area contributed by atoms with Crippen molar-refractivity contribution in [1.29, 1.82) is 0 Å². The lowest BCUT2D eigenvalue weighted by Crippen LogP contribution is -2.26. The van der Waals surface area contributed by atoms with Gasteiger partial charge in [-0.2, -0.15) is 0 Å². The van der Waals surface area contributed by atoms with Gasteiger partial charge < -0.3 is 5.32 Å². The monoisotopic (exact) mass is 390 g/mol. The van der Waals surface area contributed by atoms with Crippen LogP contribution in [0.2, 0.25) is 5.02 Å². The number of thioether (sulfide) groups is 1. The number of halogens is 2. The number of nitrogens with zero attached hydrogens (tertiary/aromatic N) is 3. The Morgan fingerprint density at radius 3 is 2.58 bits per heavy atom. The maximum atomic E-state index is 13.0. The molecule has 3 rings (SSSR count). The number of benzene rings is 2. The van der Waals surface area contributed by atoms with E-state index in [9.17, 15) is 9.18 Å². The van der Waals surface area contributed by atoms with E-state index in [-0.39, 0.29) is 17.2 Å². The Morgan fingerprint density at radius 1 is 1.15 bits per heavy atom. The van der Waals surface area contributed by atoms with Crippen LogP contribution in [0, 0.1) is 5.82 Å². The second kappa shape index (κ2) is 8.33. The number of hydrogen-bond acceptors (Lipinski definition) is 5. The molecule has 0 fully saturated rings. The molecule has 0 spiro atoms. The molecule has 0 saturated carbocycles. The first-order chi connectivity index (χ1) is 12.6. The third-order valence-corrected chi connectivity index (χ3v) is 5.01. The second-order valence-electron chi connectivity index (χ2n) is 5.40. The van der Waals surface area contributed by atoms with Gasteiger partial charge in [0.25, 0.3) is 5.56 Å². The zero-order valence-corrected chi connectivity index (χ0v) is 15.5. The Bertz CT molecular complexity index is 962. The maximum Gasteiger partial charge on any atom is 0.297 e. The van der Waals surface area contributed by atoms with E-state index in [1.54, 1.807) is 34.9 Å². The topological polar surface area (TPSA) is 59.8 Å². The molecule has 0 atom stereocenters. The van der Waals surface area contributed by atoms with E-state index in [0.717, 1.165) is 5.56 Å². The summed E-state index contributed by atoms with van der Waals surface area (Å²) in [5, 5.41) is 12.1. The van der Waals surface area contributed by atoms with Crippen molar-refractivity contribution in [3.8, 4) is 0 Å². The average molecular weight is 391 g/mol. The summed E-state index contributed by atoms with van der Waals surface area (Å²) in [5.74, 6) is 0.399. The Labute approximate surface area is 159 Å². The summed E-state index contributed by atoms with van der Waals surface area (Å²) in [6.07, 6.45) is 0. The molecule has 0 saturated heterocycles. The Morgan fingerprint density at radius 2 is 1.88 bits per heavy atom. The summed E-state index contributed by atoms with van der Waals surface area (Å²) < 4.78 is 14.5. The molecule has 2 aromatic carbocycles. The van der Waals surface area contributed by atoms with Gasteiger partial charge in [0.2, 0.25) is 5.82 Å². The van der Waals surface area contributed by atoms with E-state index < -0.39 is 0 Å². The fourth-order valence-corrected chi connectivity index (χ4v) is 3.42. The molecular formula is C18H16ClFN4OS. The van der Waals surface area contributed by atoms with Crippen LogP contribution in [-0.2, 0) is 12.3 Å². The molecule has 3 aromatic rings. The second-order valence-corrected chi connectivity index (χ2v) is 6.75. The van der Waals surface area contributed by atoms with Crippen LogP contribution in [0.3, 0.4) is 0 Å². The molecule has 0 bridgehead atoms. The molecule has 0 aliphatic heterocycles. The highest BCUT2D eigenvalue weighted by Crippen LogP contribution is 2.24. The molecule has 0 aliphatic rings. The van der Waals surface area contributed by atoms with Gasteiger partial charge in [-0.05, 0) is 36.8 Å². The smallest absolute Gasteiger partial charge is 0.297 e. The standard InChI is InChI=1S/C18H16ClFN4OS/c1-2-24-17(25)16(21-15-6-4-3-5-14(15)19)22-23-18(24)26-11-12-7-9-13(20)10-8-12/h3-10H,2,11H2,1H3,(H,21,22). The number of hydrogen-bond donors (Lipinski definition) is 1. The van der Waals surface area contributed by atoms with Crippen LogP contribution >= 0.6 is 23.4 Å². The molecule has 134 valence electrons. The molecule has 0 aliphatic carbocycles. The highest BCUT2D eigenvalue weighted by molar-refractivity contribution is 7.98. The highest BCUT2D eigenvalue weighted by Gasteiger charge is 2.13. The first-order valence-electron chi connectivity index (χ1n) is 7.94. The SMILES string of the molecule is CCn1c(SCc2ccc(F)cc2)nnc(Nc2ccccc2Cl)c1=O. The van der Waals surface area contributed by atoms with Gasteiger partial charge in [-0.3, -0.25) is 9.36 Å². The fraction of sp³-hybridized carbons (Fsp3) is 0.167. The van der Waals surface area contributed by atoms with Gasteiger partial charge in [-0.25, -0.2) is 4.39 Å². The van der Waals surface area contributed by atoms with Crippen LogP contribution < -0.4 is 10.9 Å². The quantitative estimate of drug-likeness (QED) is 0.628. The third kappa shape index (κ3) is 4.23. The van der Waals surface area contributed by atoms with Crippen molar-refractivity contribution in [1.82, 2.24) is 14.8 Å². The van der Waals surface area contributed by atoms with E-state index in [1.807, 2.05) is 13.0 Å². The Kier molecular flexibility index (Phi) is 5.90. The predicted octanol–water partition coefficient (Wildman–Crippen LogP) is 4.49. The molecule has 1 N–H and O–H groups in total. The largest absolute Gasteiger partial charge is 0.333 e. The fourth-order valence-electron chi connectivity index (χ4n) is 2.29. The normalized spacial score (nSPS) is 10.7. The summed E-state index contributed by atoms with van der Waals surface area (Å²) >= 11 is 7.49. The van der Waals surface area contributed by atoms with Crippen molar-refractivity contribution in [3.05, 3.63) is 75.3 Å². The zero-order valence-electron chi connectivity index (χ0n) is 13.9. The molecule has 5 nitrogen and oxygen atoms in total.